The van der Waals surface area contributed by atoms with Gasteiger partial charge in [-0.05, 0) is 30.2 Å². The highest BCUT2D eigenvalue weighted by Crippen LogP contribution is 2.32. The first-order valence-corrected chi connectivity index (χ1v) is 5.69. The first kappa shape index (κ1) is 13.1. The maximum absolute atomic E-state index is 12.4. The van der Waals surface area contributed by atoms with E-state index in [-0.39, 0.29) is 5.75 Å². The quantitative estimate of drug-likeness (QED) is 0.828. The second-order valence-electron chi connectivity index (χ2n) is 3.19. The summed E-state index contributed by atoms with van der Waals surface area (Å²) in [4.78, 5) is 0. The van der Waals surface area contributed by atoms with Crippen molar-refractivity contribution in [1.82, 2.24) is 0 Å². The van der Waals surface area contributed by atoms with Crippen LogP contribution in [0, 0.1) is 0 Å². The van der Waals surface area contributed by atoms with Crippen LogP contribution in [0.2, 0.25) is 0 Å². The summed E-state index contributed by atoms with van der Waals surface area (Å²) in [5, 5.41) is 9.92. The van der Waals surface area contributed by atoms with Gasteiger partial charge < -0.3 is 5.11 Å². The molecule has 0 aliphatic heterocycles. The van der Waals surface area contributed by atoms with Crippen LogP contribution < -0.4 is 0 Å². The standard InChI is InChI=1S/C11H10BrF3O/c12-4-2-1-3-8-5-9(11(13,14)15)7-10(16)6-8/h1,3,5-7,16H,2,4H2. The van der Waals surface area contributed by atoms with E-state index in [0.29, 0.717) is 11.6 Å². The van der Waals surface area contributed by atoms with Crippen molar-refractivity contribution in [3.8, 4) is 5.75 Å². The van der Waals surface area contributed by atoms with Crippen molar-refractivity contribution in [1.29, 1.82) is 0 Å². The van der Waals surface area contributed by atoms with Crippen molar-refractivity contribution in [2.75, 3.05) is 5.33 Å². The third kappa shape index (κ3) is 3.89. The van der Waals surface area contributed by atoms with E-state index in [1.165, 1.54) is 6.07 Å². The monoisotopic (exact) mass is 294 g/mol. The summed E-state index contributed by atoms with van der Waals surface area (Å²) in [7, 11) is 0. The molecular formula is C11H10BrF3O. The van der Waals surface area contributed by atoms with Crippen molar-refractivity contribution in [2.24, 2.45) is 0 Å². The van der Waals surface area contributed by atoms with Crippen molar-refractivity contribution < 1.29 is 18.3 Å². The van der Waals surface area contributed by atoms with Gasteiger partial charge in [0.25, 0.3) is 0 Å². The summed E-state index contributed by atoms with van der Waals surface area (Å²) >= 11 is 3.20. The predicted octanol–water partition coefficient (Wildman–Crippen LogP) is 4.21. The SMILES string of the molecule is Oc1cc(C=CCCBr)cc(C(F)(F)F)c1. The molecule has 1 aromatic rings. The van der Waals surface area contributed by atoms with Gasteiger partial charge in [0, 0.05) is 5.33 Å². The van der Waals surface area contributed by atoms with Crippen LogP contribution in [-0.4, -0.2) is 10.4 Å². The van der Waals surface area contributed by atoms with Crippen molar-refractivity contribution in [3.05, 3.63) is 35.4 Å². The van der Waals surface area contributed by atoms with Crippen LogP contribution in [0.4, 0.5) is 13.2 Å². The van der Waals surface area contributed by atoms with Gasteiger partial charge in [0.2, 0.25) is 0 Å². The Hall–Kier alpha value is -0.970. The van der Waals surface area contributed by atoms with Crippen LogP contribution in [0.25, 0.3) is 6.08 Å². The number of aromatic hydroxyl groups is 1. The van der Waals surface area contributed by atoms with E-state index in [1.54, 1.807) is 12.2 Å². The second-order valence-corrected chi connectivity index (χ2v) is 3.98. The minimum Gasteiger partial charge on any atom is -0.508 e. The molecule has 0 saturated heterocycles. The summed E-state index contributed by atoms with van der Waals surface area (Å²) in [6.45, 7) is 0. The first-order valence-electron chi connectivity index (χ1n) is 4.57. The van der Waals surface area contributed by atoms with Gasteiger partial charge in [-0.25, -0.2) is 0 Å². The Labute approximate surface area is 99.7 Å². The number of allylic oxidation sites excluding steroid dienone is 1. The molecule has 1 nitrogen and oxygen atoms in total. The molecule has 1 aromatic carbocycles. The summed E-state index contributed by atoms with van der Waals surface area (Å²) in [6, 6.07) is 3.01. The molecule has 16 heavy (non-hydrogen) atoms. The average molecular weight is 295 g/mol. The molecule has 0 saturated carbocycles. The van der Waals surface area contributed by atoms with Crippen LogP contribution in [-0.2, 0) is 6.18 Å². The highest BCUT2D eigenvalue weighted by atomic mass is 79.9. The predicted molar refractivity (Wildman–Crippen MR) is 60.6 cm³/mol. The smallest absolute Gasteiger partial charge is 0.416 e. The molecule has 0 unspecified atom stereocenters. The molecule has 1 N–H and O–H groups in total. The zero-order valence-corrected chi connectivity index (χ0v) is 9.85. The number of phenolic OH excluding ortho intramolecular Hbond substituents is 1. The van der Waals surface area contributed by atoms with Gasteiger partial charge >= 0.3 is 6.18 Å². The number of rotatable bonds is 3. The summed E-state index contributed by atoms with van der Waals surface area (Å²) < 4.78 is 37.2. The van der Waals surface area contributed by atoms with Gasteiger partial charge in [0.15, 0.2) is 0 Å². The Bertz CT molecular complexity index is 385. The lowest BCUT2D eigenvalue weighted by atomic mass is 10.1. The molecule has 0 amide bonds. The van der Waals surface area contributed by atoms with E-state index in [2.05, 4.69) is 15.9 Å². The molecule has 0 heterocycles. The summed E-state index contributed by atoms with van der Waals surface area (Å²) in [6.07, 6.45) is -0.423. The van der Waals surface area contributed by atoms with Crippen molar-refractivity contribution >= 4 is 22.0 Å². The van der Waals surface area contributed by atoms with Crippen LogP contribution in [0.3, 0.4) is 0 Å². The van der Waals surface area contributed by atoms with E-state index >= 15 is 0 Å². The van der Waals surface area contributed by atoms with Crippen molar-refractivity contribution in [2.45, 2.75) is 12.6 Å². The molecular weight excluding hydrogens is 285 g/mol. The second kappa shape index (κ2) is 5.39. The molecule has 0 aliphatic carbocycles. The molecule has 0 fully saturated rings. The van der Waals surface area contributed by atoms with Crippen LogP contribution in [0.5, 0.6) is 5.75 Å². The number of hydrogen-bond acceptors (Lipinski definition) is 1. The van der Waals surface area contributed by atoms with E-state index in [9.17, 15) is 18.3 Å². The fraction of sp³-hybridized carbons (Fsp3) is 0.273. The lowest BCUT2D eigenvalue weighted by molar-refractivity contribution is -0.137. The first-order chi connectivity index (χ1) is 7.43. The molecule has 0 radical (unpaired) electrons. The zero-order valence-electron chi connectivity index (χ0n) is 8.26. The molecule has 0 aromatic heterocycles. The van der Waals surface area contributed by atoms with Gasteiger partial charge in [0.05, 0.1) is 5.56 Å². The van der Waals surface area contributed by atoms with Gasteiger partial charge in [0.1, 0.15) is 5.75 Å². The van der Waals surface area contributed by atoms with Crippen LogP contribution in [0.1, 0.15) is 17.5 Å². The van der Waals surface area contributed by atoms with Gasteiger partial charge in [-0.3, -0.25) is 0 Å². The van der Waals surface area contributed by atoms with E-state index < -0.39 is 11.7 Å². The maximum Gasteiger partial charge on any atom is 0.416 e. The Morgan fingerprint density at radius 1 is 1.25 bits per heavy atom. The number of alkyl halides is 4. The number of benzene rings is 1. The largest absolute Gasteiger partial charge is 0.508 e. The Morgan fingerprint density at radius 3 is 2.50 bits per heavy atom. The van der Waals surface area contributed by atoms with Crippen molar-refractivity contribution in [3.63, 3.8) is 0 Å². The van der Waals surface area contributed by atoms with Gasteiger partial charge in [-0.1, -0.05) is 28.1 Å². The van der Waals surface area contributed by atoms with Gasteiger partial charge in [-0.2, -0.15) is 13.2 Å². The van der Waals surface area contributed by atoms with E-state index in [1.807, 2.05) is 0 Å². The third-order valence-corrected chi connectivity index (χ3v) is 2.31. The molecule has 0 spiro atoms. The zero-order chi connectivity index (χ0) is 12.2. The minimum absolute atomic E-state index is 0.341. The normalized spacial score (nSPS) is 12.2. The molecule has 1 rings (SSSR count). The highest BCUT2D eigenvalue weighted by Gasteiger charge is 2.31. The lowest BCUT2D eigenvalue weighted by Crippen LogP contribution is -2.04. The van der Waals surface area contributed by atoms with E-state index in [0.717, 1.165) is 17.8 Å². The third-order valence-electron chi connectivity index (χ3n) is 1.85. The number of hydrogen-bond donors (Lipinski definition) is 1. The topological polar surface area (TPSA) is 20.2 Å². The Kier molecular flexibility index (Phi) is 4.41. The highest BCUT2D eigenvalue weighted by molar-refractivity contribution is 9.09. The maximum atomic E-state index is 12.4. The molecule has 0 atom stereocenters. The fourth-order valence-electron chi connectivity index (χ4n) is 1.18. The minimum atomic E-state index is -4.43. The molecule has 0 aliphatic rings. The Balaban J connectivity index is 2.99. The average Bonchev–Trinajstić information content (AvgIpc) is 2.16. The Morgan fingerprint density at radius 2 is 1.94 bits per heavy atom. The van der Waals surface area contributed by atoms with Gasteiger partial charge in [-0.15, -0.1) is 0 Å². The summed E-state index contributed by atoms with van der Waals surface area (Å²) in [5.74, 6) is -0.381. The lowest BCUT2D eigenvalue weighted by Gasteiger charge is -2.08. The summed E-state index contributed by atoms with van der Waals surface area (Å²) in [5.41, 5.74) is -0.501. The van der Waals surface area contributed by atoms with Crippen LogP contribution >= 0.6 is 15.9 Å². The molecule has 5 heteroatoms. The number of halogens is 4. The van der Waals surface area contributed by atoms with Crippen LogP contribution in [0.15, 0.2) is 24.3 Å². The molecule has 0 bridgehead atoms. The van der Waals surface area contributed by atoms with E-state index in [4.69, 9.17) is 0 Å². The molecule has 88 valence electrons. The fourth-order valence-corrected chi connectivity index (χ4v) is 1.44. The number of phenols is 1.